The second kappa shape index (κ2) is 8.66. The standard InChI is InChI=1S/C21H25N3O3/c1-15-2-4-16(5-3-15)12-17-8-10-24(11-9-17)20(26)14-23-21(27)18-6-7-19(25)22-13-18/h2-7,13,17H,8-12,14H2,1H3,(H,22,25)(H,23,27). The number of H-pyrrole nitrogens is 1. The SMILES string of the molecule is Cc1ccc(CC2CCN(C(=O)CNC(=O)c3ccc(=O)[nH]c3)CC2)cc1. The molecule has 0 spiro atoms. The number of benzene rings is 1. The molecule has 2 amide bonds. The molecule has 1 aliphatic rings. The van der Waals surface area contributed by atoms with Crippen LogP contribution in [0.3, 0.4) is 0 Å². The quantitative estimate of drug-likeness (QED) is 0.847. The fourth-order valence-electron chi connectivity index (χ4n) is 3.37. The van der Waals surface area contributed by atoms with Crippen molar-refractivity contribution in [2.75, 3.05) is 19.6 Å². The number of piperidine rings is 1. The van der Waals surface area contributed by atoms with Crippen LogP contribution >= 0.6 is 0 Å². The summed E-state index contributed by atoms with van der Waals surface area (Å²) in [5, 5.41) is 2.62. The van der Waals surface area contributed by atoms with Gasteiger partial charge in [-0.2, -0.15) is 0 Å². The number of carbonyl (C=O) groups is 2. The molecule has 2 aromatic rings. The van der Waals surface area contributed by atoms with Gasteiger partial charge in [-0.05, 0) is 43.7 Å². The summed E-state index contributed by atoms with van der Waals surface area (Å²) in [5.41, 5.74) is 2.68. The van der Waals surface area contributed by atoms with Gasteiger partial charge in [0.05, 0.1) is 12.1 Å². The zero-order valence-corrected chi connectivity index (χ0v) is 15.5. The topological polar surface area (TPSA) is 82.3 Å². The second-order valence-electron chi connectivity index (χ2n) is 7.14. The number of carbonyl (C=O) groups excluding carboxylic acids is 2. The Morgan fingerprint density at radius 2 is 1.81 bits per heavy atom. The Morgan fingerprint density at radius 1 is 1.11 bits per heavy atom. The van der Waals surface area contributed by atoms with E-state index in [2.05, 4.69) is 41.5 Å². The predicted molar refractivity (Wildman–Crippen MR) is 104 cm³/mol. The maximum atomic E-state index is 12.3. The Kier molecular flexibility index (Phi) is 6.06. The molecule has 1 aromatic heterocycles. The monoisotopic (exact) mass is 367 g/mol. The summed E-state index contributed by atoms with van der Waals surface area (Å²) in [6.45, 7) is 3.51. The van der Waals surface area contributed by atoms with Crippen molar-refractivity contribution in [2.24, 2.45) is 5.92 Å². The van der Waals surface area contributed by atoms with E-state index in [9.17, 15) is 14.4 Å². The highest BCUT2D eigenvalue weighted by Crippen LogP contribution is 2.22. The molecular formula is C21H25N3O3. The van der Waals surface area contributed by atoms with E-state index < -0.39 is 0 Å². The highest BCUT2D eigenvalue weighted by molar-refractivity contribution is 5.96. The third-order valence-electron chi connectivity index (χ3n) is 5.06. The van der Waals surface area contributed by atoms with Crippen molar-refractivity contribution >= 4 is 11.8 Å². The van der Waals surface area contributed by atoms with E-state index in [-0.39, 0.29) is 23.9 Å². The molecule has 0 unspecified atom stereocenters. The first-order valence-electron chi connectivity index (χ1n) is 9.31. The number of nitrogens with one attached hydrogen (secondary N) is 2. The van der Waals surface area contributed by atoms with E-state index in [0.717, 1.165) is 32.4 Å². The van der Waals surface area contributed by atoms with Crippen molar-refractivity contribution in [3.8, 4) is 0 Å². The van der Waals surface area contributed by atoms with Crippen LogP contribution in [0.15, 0.2) is 47.4 Å². The van der Waals surface area contributed by atoms with Gasteiger partial charge in [0.15, 0.2) is 0 Å². The molecule has 3 rings (SSSR count). The third kappa shape index (κ3) is 5.29. The molecule has 1 aromatic carbocycles. The minimum absolute atomic E-state index is 0.0272. The Labute approximate surface area is 158 Å². The molecule has 142 valence electrons. The van der Waals surface area contributed by atoms with Crippen molar-refractivity contribution < 1.29 is 9.59 Å². The van der Waals surface area contributed by atoms with E-state index in [1.54, 1.807) is 0 Å². The number of pyridine rings is 1. The van der Waals surface area contributed by atoms with Gasteiger partial charge < -0.3 is 15.2 Å². The molecule has 2 heterocycles. The van der Waals surface area contributed by atoms with Gasteiger partial charge in [-0.15, -0.1) is 0 Å². The molecule has 1 fully saturated rings. The van der Waals surface area contributed by atoms with Crippen molar-refractivity contribution in [1.82, 2.24) is 15.2 Å². The number of aryl methyl sites for hydroxylation is 1. The molecule has 1 aliphatic heterocycles. The number of likely N-dealkylation sites (tertiary alicyclic amines) is 1. The van der Waals surface area contributed by atoms with Gasteiger partial charge in [-0.1, -0.05) is 29.8 Å². The number of rotatable bonds is 5. The number of nitrogens with zero attached hydrogens (tertiary/aromatic N) is 1. The molecule has 0 radical (unpaired) electrons. The Balaban J connectivity index is 1.42. The van der Waals surface area contributed by atoms with Crippen LogP contribution in [0, 0.1) is 12.8 Å². The number of hydrogen-bond donors (Lipinski definition) is 2. The zero-order valence-electron chi connectivity index (χ0n) is 15.5. The van der Waals surface area contributed by atoms with E-state index >= 15 is 0 Å². The second-order valence-corrected chi connectivity index (χ2v) is 7.14. The fraction of sp³-hybridized carbons (Fsp3) is 0.381. The maximum absolute atomic E-state index is 12.3. The summed E-state index contributed by atoms with van der Waals surface area (Å²) in [5.74, 6) is 0.155. The predicted octanol–water partition coefficient (Wildman–Crippen LogP) is 1.89. The zero-order chi connectivity index (χ0) is 19.2. The van der Waals surface area contributed by atoms with Crippen molar-refractivity contribution in [3.05, 3.63) is 69.6 Å². The molecule has 27 heavy (non-hydrogen) atoms. The summed E-state index contributed by atoms with van der Waals surface area (Å²) in [7, 11) is 0. The molecule has 6 heteroatoms. The molecular weight excluding hydrogens is 342 g/mol. The summed E-state index contributed by atoms with van der Waals surface area (Å²) >= 11 is 0. The minimum atomic E-state index is -0.367. The van der Waals surface area contributed by atoms with E-state index in [1.165, 1.54) is 29.5 Å². The first-order chi connectivity index (χ1) is 13.0. The Morgan fingerprint density at radius 3 is 2.44 bits per heavy atom. The molecule has 0 bridgehead atoms. The van der Waals surface area contributed by atoms with Gasteiger partial charge in [-0.3, -0.25) is 14.4 Å². The normalized spacial score (nSPS) is 14.8. The van der Waals surface area contributed by atoms with Gasteiger partial charge in [0, 0.05) is 25.4 Å². The number of aromatic amines is 1. The minimum Gasteiger partial charge on any atom is -0.343 e. The molecule has 0 atom stereocenters. The van der Waals surface area contributed by atoms with Gasteiger partial charge in [-0.25, -0.2) is 0 Å². The van der Waals surface area contributed by atoms with E-state index in [1.807, 2.05) is 4.90 Å². The smallest absolute Gasteiger partial charge is 0.253 e. The van der Waals surface area contributed by atoms with Crippen LogP contribution in [0.2, 0.25) is 0 Å². The summed E-state index contributed by atoms with van der Waals surface area (Å²) in [6, 6.07) is 11.4. The highest BCUT2D eigenvalue weighted by Gasteiger charge is 2.23. The van der Waals surface area contributed by atoms with Crippen LogP contribution in [0.5, 0.6) is 0 Å². The average Bonchev–Trinajstić information content (AvgIpc) is 2.69. The highest BCUT2D eigenvalue weighted by atomic mass is 16.2. The largest absolute Gasteiger partial charge is 0.343 e. The van der Waals surface area contributed by atoms with Crippen LogP contribution in [0.25, 0.3) is 0 Å². The number of hydrogen-bond acceptors (Lipinski definition) is 3. The Bertz CT molecular complexity index is 829. The maximum Gasteiger partial charge on any atom is 0.253 e. The van der Waals surface area contributed by atoms with E-state index in [0.29, 0.717) is 11.5 Å². The van der Waals surface area contributed by atoms with Gasteiger partial charge in [0.2, 0.25) is 11.5 Å². The van der Waals surface area contributed by atoms with E-state index in [4.69, 9.17) is 0 Å². The first kappa shape index (κ1) is 18.9. The lowest BCUT2D eigenvalue weighted by molar-refractivity contribution is -0.131. The van der Waals surface area contributed by atoms with Crippen LogP contribution in [-0.4, -0.2) is 41.3 Å². The average molecular weight is 367 g/mol. The van der Waals surface area contributed by atoms with Crippen LogP contribution in [0.1, 0.15) is 34.3 Å². The molecule has 6 nitrogen and oxygen atoms in total. The molecule has 1 saturated heterocycles. The lowest BCUT2D eigenvalue weighted by atomic mass is 9.90. The third-order valence-corrected chi connectivity index (χ3v) is 5.06. The van der Waals surface area contributed by atoms with Crippen molar-refractivity contribution in [2.45, 2.75) is 26.2 Å². The first-order valence-corrected chi connectivity index (χ1v) is 9.31. The van der Waals surface area contributed by atoms with Crippen molar-refractivity contribution in [3.63, 3.8) is 0 Å². The van der Waals surface area contributed by atoms with Gasteiger partial charge in [0.1, 0.15) is 0 Å². The van der Waals surface area contributed by atoms with Crippen LogP contribution in [0.4, 0.5) is 0 Å². The lowest BCUT2D eigenvalue weighted by Gasteiger charge is -2.32. The lowest BCUT2D eigenvalue weighted by Crippen LogP contribution is -2.44. The summed E-state index contributed by atoms with van der Waals surface area (Å²) in [4.78, 5) is 39.7. The number of aromatic nitrogens is 1. The molecule has 0 saturated carbocycles. The van der Waals surface area contributed by atoms with Gasteiger partial charge in [0.25, 0.3) is 5.91 Å². The molecule has 0 aliphatic carbocycles. The Hall–Kier alpha value is -2.89. The summed E-state index contributed by atoms with van der Waals surface area (Å²) in [6.07, 6.45) is 4.35. The van der Waals surface area contributed by atoms with Crippen LogP contribution < -0.4 is 10.9 Å². The summed E-state index contributed by atoms with van der Waals surface area (Å²) < 4.78 is 0. The number of amides is 2. The van der Waals surface area contributed by atoms with Crippen molar-refractivity contribution in [1.29, 1.82) is 0 Å². The fourth-order valence-corrected chi connectivity index (χ4v) is 3.37. The van der Waals surface area contributed by atoms with Gasteiger partial charge >= 0.3 is 0 Å². The van der Waals surface area contributed by atoms with Crippen LogP contribution in [-0.2, 0) is 11.2 Å². The molecule has 2 N–H and O–H groups in total.